The van der Waals surface area contributed by atoms with Crippen LogP contribution < -0.4 is 4.74 Å². The number of hydrogen-bond donors (Lipinski definition) is 0. The average Bonchev–Trinajstić information content (AvgIpc) is 2.74. The molecule has 1 aliphatic rings. The Labute approximate surface area is 172 Å². The van der Waals surface area contributed by atoms with Crippen molar-refractivity contribution in [3.05, 3.63) is 53.6 Å². The molecule has 0 atom stereocenters. The zero-order valence-corrected chi connectivity index (χ0v) is 17.3. The summed E-state index contributed by atoms with van der Waals surface area (Å²) in [5, 5.41) is 9.46. The van der Waals surface area contributed by atoms with E-state index in [1.165, 1.54) is 12.1 Å². The van der Waals surface area contributed by atoms with Gasteiger partial charge in [-0.1, -0.05) is 32.4 Å². The minimum Gasteiger partial charge on any atom is -0.493 e. The molecule has 0 saturated heterocycles. The van der Waals surface area contributed by atoms with Gasteiger partial charge in [0.05, 0.1) is 18.1 Å². The molecule has 0 heterocycles. The highest BCUT2D eigenvalue weighted by Gasteiger charge is 2.34. The minimum atomic E-state index is -0.481. The molecular formula is C25H29F2NO. The van der Waals surface area contributed by atoms with E-state index in [0.29, 0.717) is 12.4 Å². The molecule has 0 bridgehead atoms. The van der Waals surface area contributed by atoms with Gasteiger partial charge in [0, 0.05) is 17.2 Å². The molecule has 3 rings (SSSR count). The molecule has 154 valence electrons. The molecule has 0 spiro atoms. The SMILES string of the molecule is CCCCOc1ccc(-c2ccc(C3CCC(C#N)(CC)CC3)cc2F)c(F)c1. The fourth-order valence-electron chi connectivity index (χ4n) is 4.19. The summed E-state index contributed by atoms with van der Waals surface area (Å²) >= 11 is 0. The predicted octanol–water partition coefficient (Wildman–Crippen LogP) is 7.39. The van der Waals surface area contributed by atoms with Crippen molar-refractivity contribution in [2.45, 2.75) is 64.7 Å². The summed E-state index contributed by atoms with van der Waals surface area (Å²) in [6, 6.07) is 12.2. The highest BCUT2D eigenvalue weighted by Crippen LogP contribution is 2.45. The third kappa shape index (κ3) is 4.78. The average molecular weight is 398 g/mol. The molecule has 29 heavy (non-hydrogen) atoms. The van der Waals surface area contributed by atoms with Gasteiger partial charge in [0.1, 0.15) is 17.4 Å². The summed E-state index contributed by atoms with van der Waals surface area (Å²) in [4.78, 5) is 0. The van der Waals surface area contributed by atoms with E-state index >= 15 is 0 Å². The first-order chi connectivity index (χ1) is 14.0. The van der Waals surface area contributed by atoms with Crippen LogP contribution in [-0.4, -0.2) is 6.61 Å². The molecule has 0 radical (unpaired) electrons. The van der Waals surface area contributed by atoms with E-state index in [4.69, 9.17) is 4.74 Å². The maximum atomic E-state index is 14.9. The first-order valence-corrected chi connectivity index (χ1v) is 10.7. The zero-order chi connectivity index (χ0) is 20.9. The number of nitriles is 1. The van der Waals surface area contributed by atoms with Crippen LogP contribution in [0.25, 0.3) is 11.1 Å². The van der Waals surface area contributed by atoms with E-state index in [9.17, 15) is 14.0 Å². The van der Waals surface area contributed by atoms with Gasteiger partial charge in [-0.2, -0.15) is 5.26 Å². The number of rotatable bonds is 7. The van der Waals surface area contributed by atoms with E-state index in [0.717, 1.165) is 50.5 Å². The van der Waals surface area contributed by atoms with Crippen molar-refractivity contribution < 1.29 is 13.5 Å². The van der Waals surface area contributed by atoms with Crippen LogP contribution in [-0.2, 0) is 0 Å². The Morgan fingerprint density at radius 1 is 1.03 bits per heavy atom. The number of benzene rings is 2. The lowest BCUT2D eigenvalue weighted by Crippen LogP contribution is -2.24. The Hall–Kier alpha value is -2.41. The number of unbranched alkanes of at least 4 members (excludes halogenated alkanes) is 1. The molecular weight excluding hydrogens is 368 g/mol. The number of hydrogen-bond acceptors (Lipinski definition) is 2. The fraction of sp³-hybridized carbons (Fsp3) is 0.480. The van der Waals surface area contributed by atoms with Crippen LogP contribution in [0.5, 0.6) is 5.75 Å². The highest BCUT2D eigenvalue weighted by atomic mass is 19.1. The van der Waals surface area contributed by atoms with Crippen molar-refractivity contribution in [1.82, 2.24) is 0 Å². The summed E-state index contributed by atoms with van der Waals surface area (Å²) in [5.41, 5.74) is 1.23. The van der Waals surface area contributed by atoms with Gasteiger partial charge in [-0.25, -0.2) is 8.78 Å². The zero-order valence-electron chi connectivity index (χ0n) is 17.3. The van der Waals surface area contributed by atoms with E-state index < -0.39 is 11.6 Å². The molecule has 0 aromatic heterocycles. The Morgan fingerprint density at radius 2 is 1.69 bits per heavy atom. The van der Waals surface area contributed by atoms with Crippen LogP contribution in [0.3, 0.4) is 0 Å². The monoisotopic (exact) mass is 397 g/mol. The second kappa shape index (κ2) is 9.39. The summed E-state index contributed by atoms with van der Waals surface area (Å²) in [7, 11) is 0. The van der Waals surface area contributed by atoms with Crippen LogP contribution in [0.4, 0.5) is 8.78 Å². The third-order valence-corrected chi connectivity index (χ3v) is 6.32. The molecule has 4 heteroatoms. The summed E-state index contributed by atoms with van der Waals surface area (Å²) in [6.07, 6.45) is 6.26. The lowest BCUT2D eigenvalue weighted by Gasteiger charge is -2.34. The molecule has 0 unspecified atom stereocenters. The van der Waals surface area contributed by atoms with E-state index in [1.54, 1.807) is 18.2 Å². The highest BCUT2D eigenvalue weighted by molar-refractivity contribution is 5.66. The van der Waals surface area contributed by atoms with Crippen molar-refractivity contribution in [2.75, 3.05) is 6.61 Å². The van der Waals surface area contributed by atoms with Gasteiger partial charge in [0.25, 0.3) is 0 Å². The largest absolute Gasteiger partial charge is 0.493 e. The predicted molar refractivity (Wildman–Crippen MR) is 112 cm³/mol. The molecule has 0 N–H and O–H groups in total. The van der Waals surface area contributed by atoms with Crippen molar-refractivity contribution in [1.29, 1.82) is 5.26 Å². The third-order valence-electron chi connectivity index (χ3n) is 6.32. The van der Waals surface area contributed by atoms with Crippen molar-refractivity contribution >= 4 is 0 Å². The molecule has 2 nitrogen and oxygen atoms in total. The molecule has 0 aliphatic heterocycles. The van der Waals surface area contributed by atoms with Gasteiger partial charge in [0.2, 0.25) is 0 Å². The maximum absolute atomic E-state index is 14.9. The summed E-state index contributed by atoms with van der Waals surface area (Å²) < 4.78 is 34.9. The number of ether oxygens (including phenoxy) is 1. The van der Waals surface area contributed by atoms with Gasteiger partial charge in [0.15, 0.2) is 0 Å². The molecule has 1 fully saturated rings. The second-order valence-corrected chi connectivity index (χ2v) is 8.10. The van der Waals surface area contributed by atoms with Crippen molar-refractivity contribution in [3.8, 4) is 22.9 Å². The number of halogens is 2. The molecule has 2 aromatic carbocycles. The molecule has 0 amide bonds. The topological polar surface area (TPSA) is 33.0 Å². The summed E-state index contributed by atoms with van der Waals surface area (Å²) in [6.45, 7) is 4.67. The van der Waals surface area contributed by atoms with Gasteiger partial charge >= 0.3 is 0 Å². The van der Waals surface area contributed by atoms with Crippen molar-refractivity contribution in [3.63, 3.8) is 0 Å². The lowest BCUT2D eigenvalue weighted by molar-refractivity contribution is 0.238. The second-order valence-electron chi connectivity index (χ2n) is 8.10. The fourth-order valence-corrected chi connectivity index (χ4v) is 4.19. The van der Waals surface area contributed by atoms with Crippen LogP contribution in [0.2, 0.25) is 0 Å². The minimum absolute atomic E-state index is 0.223. The Kier molecular flexibility index (Phi) is 6.90. The van der Waals surface area contributed by atoms with Gasteiger partial charge in [-0.05, 0) is 68.2 Å². The smallest absolute Gasteiger partial charge is 0.134 e. The Morgan fingerprint density at radius 3 is 2.24 bits per heavy atom. The van der Waals surface area contributed by atoms with Crippen LogP contribution >= 0.6 is 0 Å². The molecule has 1 saturated carbocycles. The van der Waals surface area contributed by atoms with Gasteiger partial charge in [-0.3, -0.25) is 0 Å². The Balaban J connectivity index is 1.74. The number of nitrogens with zero attached hydrogens (tertiary/aromatic N) is 1. The first-order valence-electron chi connectivity index (χ1n) is 10.7. The van der Waals surface area contributed by atoms with E-state index in [-0.39, 0.29) is 22.5 Å². The maximum Gasteiger partial charge on any atom is 0.134 e. The van der Waals surface area contributed by atoms with E-state index in [2.05, 4.69) is 19.9 Å². The molecule has 2 aromatic rings. The quantitative estimate of drug-likeness (QED) is 0.456. The Bertz CT molecular complexity index is 879. The normalized spacial score (nSPS) is 21.6. The van der Waals surface area contributed by atoms with Crippen LogP contribution in [0.15, 0.2) is 36.4 Å². The van der Waals surface area contributed by atoms with E-state index in [1.807, 2.05) is 6.07 Å². The van der Waals surface area contributed by atoms with Gasteiger partial charge in [-0.15, -0.1) is 0 Å². The standard InChI is InChI=1S/C25H29F2NO/c1-3-5-14-29-20-7-9-22(24(27)16-20)21-8-6-19(15-23(21)26)18-10-12-25(4-2,17-28)13-11-18/h6-9,15-16,18H,3-5,10-14H2,1-2H3. The summed E-state index contributed by atoms with van der Waals surface area (Å²) in [5.74, 6) is -0.166. The van der Waals surface area contributed by atoms with Crippen LogP contribution in [0, 0.1) is 28.4 Å². The van der Waals surface area contributed by atoms with Crippen molar-refractivity contribution in [2.24, 2.45) is 5.41 Å². The first kappa shape index (κ1) is 21.3. The van der Waals surface area contributed by atoms with Gasteiger partial charge < -0.3 is 4.74 Å². The van der Waals surface area contributed by atoms with Crippen LogP contribution in [0.1, 0.15) is 70.3 Å². The molecule has 1 aliphatic carbocycles. The lowest BCUT2D eigenvalue weighted by atomic mass is 9.68.